The van der Waals surface area contributed by atoms with E-state index in [0.29, 0.717) is 9.75 Å². The van der Waals surface area contributed by atoms with Gasteiger partial charge in [-0.25, -0.2) is 17.2 Å². The zero-order valence-electron chi connectivity index (χ0n) is 10.8. The van der Waals surface area contributed by atoms with Gasteiger partial charge >= 0.3 is 0 Å². The Kier molecular flexibility index (Phi) is 4.66. The third-order valence-electron chi connectivity index (χ3n) is 2.66. The second-order valence-electron chi connectivity index (χ2n) is 4.19. The minimum absolute atomic E-state index is 0.0327. The van der Waals surface area contributed by atoms with Gasteiger partial charge in [0.25, 0.3) is 10.0 Å². The Morgan fingerprint density at radius 1 is 1.29 bits per heavy atom. The van der Waals surface area contributed by atoms with Crippen LogP contribution in [0.15, 0.2) is 27.6 Å². The van der Waals surface area contributed by atoms with Gasteiger partial charge in [0, 0.05) is 20.8 Å². The molecule has 1 aromatic heterocycles. The van der Waals surface area contributed by atoms with Crippen LogP contribution in [0.5, 0.6) is 0 Å². The first-order valence-corrected chi connectivity index (χ1v) is 8.80. The van der Waals surface area contributed by atoms with Crippen LogP contribution in [0.25, 0.3) is 0 Å². The average Bonchev–Trinajstić information content (AvgIpc) is 2.76. The molecule has 0 saturated heterocycles. The minimum Gasteiger partial charge on any atom is -0.326 e. The SMILES string of the molecule is Cc1sc(CN)cc1S(=O)(=O)Nc1c(F)cc(Br)cc1F. The molecule has 3 N–H and O–H groups in total. The first kappa shape index (κ1) is 16.3. The van der Waals surface area contributed by atoms with Crippen molar-refractivity contribution in [3.05, 3.63) is 44.1 Å². The number of benzene rings is 1. The molecule has 0 aliphatic rings. The molecule has 0 spiro atoms. The number of thiophene rings is 1. The molecule has 0 amide bonds. The monoisotopic (exact) mass is 396 g/mol. The van der Waals surface area contributed by atoms with Gasteiger partial charge in [-0.05, 0) is 25.1 Å². The molecule has 0 saturated carbocycles. The Morgan fingerprint density at radius 3 is 2.33 bits per heavy atom. The third kappa shape index (κ3) is 3.42. The number of aryl methyl sites for hydroxylation is 1. The number of nitrogens with two attached hydrogens (primary N) is 1. The van der Waals surface area contributed by atoms with E-state index in [9.17, 15) is 17.2 Å². The highest BCUT2D eigenvalue weighted by atomic mass is 79.9. The second kappa shape index (κ2) is 5.99. The molecule has 0 atom stereocenters. The van der Waals surface area contributed by atoms with Crippen molar-refractivity contribution in [2.24, 2.45) is 5.73 Å². The standard InChI is InChI=1S/C12H11BrF2N2O2S2/c1-6-11(4-8(5-16)20-6)21(18,19)17-12-9(14)2-7(13)3-10(12)15/h2-4,17H,5,16H2,1H3. The largest absolute Gasteiger partial charge is 0.326 e. The lowest BCUT2D eigenvalue weighted by Crippen LogP contribution is -2.15. The van der Waals surface area contributed by atoms with Crippen molar-refractivity contribution in [2.45, 2.75) is 18.4 Å². The van der Waals surface area contributed by atoms with E-state index in [1.807, 2.05) is 4.72 Å². The van der Waals surface area contributed by atoms with Crippen molar-refractivity contribution in [1.29, 1.82) is 0 Å². The first-order chi connectivity index (χ1) is 9.74. The summed E-state index contributed by atoms with van der Waals surface area (Å²) in [4.78, 5) is 1.14. The fourth-order valence-electron chi connectivity index (χ4n) is 1.72. The van der Waals surface area contributed by atoms with Gasteiger partial charge < -0.3 is 5.73 Å². The summed E-state index contributed by atoms with van der Waals surface area (Å²) in [6, 6.07) is 3.36. The van der Waals surface area contributed by atoms with Crippen LogP contribution in [0.4, 0.5) is 14.5 Å². The van der Waals surface area contributed by atoms with Crippen LogP contribution in [-0.4, -0.2) is 8.42 Å². The molecule has 0 unspecified atom stereocenters. The summed E-state index contributed by atoms with van der Waals surface area (Å²) < 4.78 is 54.1. The molecular formula is C12H11BrF2N2O2S2. The number of anilines is 1. The van der Waals surface area contributed by atoms with Gasteiger partial charge in [-0.2, -0.15) is 0 Å². The Hall–Kier alpha value is -1.03. The predicted octanol–water partition coefficient (Wildman–Crippen LogP) is 3.36. The zero-order valence-corrected chi connectivity index (χ0v) is 14.0. The van der Waals surface area contributed by atoms with Crippen LogP contribution in [0, 0.1) is 18.6 Å². The molecule has 0 aliphatic carbocycles. The van der Waals surface area contributed by atoms with Crippen molar-refractivity contribution < 1.29 is 17.2 Å². The first-order valence-electron chi connectivity index (χ1n) is 5.71. The minimum atomic E-state index is -4.08. The van der Waals surface area contributed by atoms with Crippen LogP contribution in [0.2, 0.25) is 0 Å². The average molecular weight is 397 g/mol. The van der Waals surface area contributed by atoms with E-state index >= 15 is 0 Å². The van der Waals surface area contributed by atoms with E-state index in [4.69, 9.17) is 5.73 Å². The molecule has 0 bridgehead atoms. The topological polar surface area (TPSA) is 72.2 Å². The fourth-order valence-corrected chi connectivity index (χ4v) is 4.71. The molecule has 0 aliphatic heterocycles. The molecule has 2 aromatic rings. The molecule has 21 heavy (non-hydrogen) atoms. The van der Waals surface area contributed by atoms with Gasteiger partial charge in [0.05, 0.1) is 0 Å². The Bertz CT molecular complexity index is 768. The molecule has 114 valence electrons. The molecule has 9 heteroatoms. The maximum atomic E-state index is 13.7. The number of hydrogen-bond acceptors (Lipinski definition) is 4. The van der Waals surface area contributed by atoms with Gasteiger partial charge in [0.15, 0.2) is 11.6 Å². The molecule has 2 rings (SSSR count). The summed E-state index contributed by atoms with van der Waals surface area (Å²) in [5.41, 5.74) is 4.75. The Labute approximate surface area is 133 Å². The van der Waals surface area contributed by atoms with Gasteiger partial charge in [-0.15, -0.1) is 11.3 Å². The number of sulfonamides is 1. The molecule has 1 heterocycles. The zero-order chi connectivity index (χ0) is 15.8. The smallest absolute Gasteiger partial charge is 0.263 e. The van der Waals surface area contributed by atoms with Crippen LogP contribution in [0.1, 0.15) is 9.75 Å². The maximum absolute atomic E-state index is 13.7. The summed E-state index contributed by atoms with van der Waals surface area (Å²) in [7, 11) is -4.08. The van der Waals surface area contributed by atoms with Gasteiger partial charge in [-0.3, -0.25) is 4.72 Å². The van der Waals surface area contributed by atoms with E-state index in [-0.39, 0.29) is 15.9 Å². The number of rotatable bonds is 4. The van der Waals surface area contributed by atoms with Gasteiger partial charge in [0.2, 0.25) is 0 Å². The van der Waals surface area contributed by atoms with Crippen LogP contribution in [-0.2, 0) is 16.6 Å². The Balaban J connectivity index is 2.44. The van der Waals surface area contributed by atoms with E-state index in [1.54, 1.807) is 6.92 Å². The Morgan fingerprint density at radius 2 is 1.86 bits per heavy atom. The number of hydrogen-bond donors (Lipinski definition) is 2. The van der Waals surface area contributed by atoms with Crippen LogP contribution in [0.3, 0.4) is 0 Å². The fraction of sp³-hybridized carbons (Fsp3) is 0.167. The summed E-state index contributed by atoms with van der Waals surface area (Å²) in [5, 5.41) is 0. The van der Waals surface area contributed by atoms with Crippen molar-refractivity contribution in [1.82, 2.24) is 0 Å². The van der Waals surface area contributed by atoms with Crippen LogP contribution >= 0.6 is 27.3 Å². The highest BCUT2D eigenvalue weighted by Gasteiger charge is 2.23. The van der Waals surface area contributed by atoms with Gasteiger partial charge in [0.1, 0.15) is 10.6 Å². The quantitative estimate of drug-likeness (QED) is 0.831. The number of halogens is 3. The molecule has 1 aromatic carbocycles. The lowest BCUT2D eigenvalue weighted by molar-refractivity contribution is 0.582. The second-order valence-corrected chi connectivity index (χ2v) is 8.09. The van der Waals surface area contributed by atoms with Crippen molar-refractivity contribution >= 4 is 43.0 Å². The third-order valence-corrected chi connectivity index (χ3v) is 5.79. The highest BCUT2D eigenvalue weighted by molar-refractivity contribution is 9.10. The normalized spacial score (nSPS) is 11.7. The predicted molar refractivity (Wildman–Crippen MR) is 81.8 cm³/mol. The molecule has 0 radical (unpaired) electrons. The lowest BCUT2D eigenvalue weighted by atomic mass is 10.3. The van der Waals surface area contributed by atoms with Crippen molar-refractivity contribution in [3.63, 3.8) is 0 Å². The molecule has 0 fully saturated rings. The number of nitrogens with one attached hydrogen (secondary N) is 1. The lowest BCUT2D eigenvalue weighted by Gasteiger charge is -2.10. The summed E-state index contributed by atoms with van der Waals surface area (Å²) >= 11 is 4.15. The van der Waals surface area contributed by atoms with Crippen LogP contribution < -0.4 is 10.5 Å². The highest BCUT2D eigenvalue weighted by Crippen LogP contribution is 2.30. The van der Waals surface area contributed by atoms with Crippen molar-refractivity contribution in [3.8, 4) is 0 Å². The van der Waals surface area contributed by atoms with Gasteiger partial charge in [-0.1, -0.05) is 15.9 Å². The van der Waals surface area contributed by atoms with E-state index in [1.165, 1.54) is 17.4 Å². The molecule has 4 nitrogen and oxygen atoms in total. The molecular weight excluding hydrogens is 386 g/mol. The van der Waals surface area contributed by atoms with E-state index < -0.39 is 27.3 Å². The summed E-state index contributed by atoms with van der Waals surface area (Å²) in [5.74, 6) is -2.00. The van der Waals surface area contributed by atoms with E-state index in [2.05, 4.69) is 15.9 Å². The summed E-state index contributed by atoms with van der Waals surface area (Å²) in [6.07, 6.45) is 0. The van der Waals surface area contributed by atoms with E-state index in [0.717, 1.165) is 12.1 Å². The maximum Gasteiger partial charge on any atom is 0.263 e. The van der Waals surface area contributed by atoms with Crippen molar-refractivity contribution in [2.75, 3.05) is 4.72 Å². The summed E-state index contributed by atoms with van der Waals surface area (Å²) in [6.45, 7) is 1.80.